The van der Waals surface area contributed by atoms with Crippen molar-refractivity contribution in [3.63, 3.8) is 0 Å². The van der Waals surface area contributed by atoms with Gasteiger partial charge in [0.1, 0.15) is 6.04 Å². The molecule has 0 saturated carbocycles. The number of unbranched alkanes of at least 4 members (excludes halogenated alkanes) is 1. The van der Waals surface area contributed by atoms with Crippen molar-refractivity contribution in [2.45, 2.75) is 71.6 Å². The Morgan fingerprint density at radius 3 is 1.81 bits per heavy atom. The third-order valence-corrected chi connectivity index (χ3v) is 9.19. The highest BCUT2D eigenvalue weighted by atomic mass is 31.0. The number of hydrogen-bond acceptors (Lipinski definition) is 9. The van der Waals surface area contributed by atoms with Gasteiger partial charge in [-0.3, -0.25) is 24.0 Å². The molecule has 6 N–H and O–H groups in total. The van der Waals surface area contributed by atoms with E-state index in [0.717, 1.165) is 12.1 Å². The SMILES string of the molecule is C.CC(CCCCNC(=O)CCNC(=O)[C@H](CNC(=O)c1cc2c(c(C(F)(F)F)c1)COB2O)NC(=O)c1cc2c(c(C(F)(F)F)c1)COB2O)C(=O)P. The van der Waals surface area contributed by atoms with E-state index < -0.39 is 104 Å². The summed E-state index contributed by atoms with van der Waals surface area (Å²) >= 11 is 0. The highest BCUT2D eigenvalue weighted by molar-refractivity contribution is 7.40. The summed E-state index contributed by atoms with van der Waals surface area (Å²) in [5, 5.41) is 29.5. The van der Waals surface area contributed by atoms with Crippen molar-refractivity contribution in [2.75, 3.05) is 19.6 Å². The molecule has 2 aromatic rings. The Morgan fingerprint density at radius 1 is 0.796 bits per heavy atom. The van der Waals surface area contributed by atoms with Gasteiger partial charge >= 0.3 is 26.6 Å². The predicted molar refractivity (Wildman–Crippen MR) is 186 cm³/mol. The van der Waals surface area contributed by atoms with E-state index >= 15 is 0 Å². The molecule has 0 radical (unpaired) electrons. The minimum atomic E-state index is -4.96. The summed E-state index contributed by atoms with van der Waals surface area (Å²) in [6.07, 6.45) is -8.26. The second-order valence-corrected chi connectivity index (χ2v) is 13.0. The number of nitrogens with one attached hydrogen (secondary N) is 4. The Kier molecular flexibility index (Phi) is 15.2. The van der Waals surface area contributed by atoms with Crippen molar-refractivity contribution in [1.29, 1.82) is 0 Å². The van der Waals surface area contributed by atoms with Crippen molar-refractivity contribution < 1.29 is 69.7 Å². The van der Waals surface area contributed by atoms with E-state index in [4.69, 9.17) is 9.31 Å². The van der Waals surface area contributed by atoms with Crippen LogP contribution in [0.1, 0.15) is 83.0 Å². The first kappa shape index (κ1) is 44.4. The van der Waals surface area contributed by atoms with E-state index in [-0.39, 0.29) is 54.9 Å². The topological polar surface area (TPSA) is 192 Å². The average molecular weight is 790 g/mol. The van der Waals surface area contributed by atoms with Crippen LogP contribution in [-0.4, -0.2) is 79.1 Å². The molecule has 294 valence electrons. The Morgan fingerprint density at radius 2 is 1.31 bits per heavy atom. The van der Waals surface area contributed by atoms with Crippen LogP contribution >= 0.6 is 9.24 Å². The minimum Gasteiger partial charge on any atom is -0.423 e. The quantitative estimate of drug-likeness (QED) is 0.0666. The van der Waals surface area contributed by atoms with Crippen LogP contribution in [0.4, 0.5) is 26.3 Å². The summed E-state index contributed by atoms with van der Waals surface area (Å²) in [7, 11) is -1.41. The molecule has 2 aliphatic heterocycles. The van der Waals surface area contributed by atoms with Crippen LogP contribution in [0.3, 0.4) is 0 Å². The van der Waals surface area contributed by atoms with Gasteiger partial charge in [-0.25, -0.2) is 0 Å². The third kappa shape index (κ3) is 11.3. The molecule has 13 nitrogen and oxygen atoms in total. The lowest BCUT2D eigenvalue weighted by atomic mass is 9.77. The molecule has 0 saturated heterocycles. The first-order valence-corrected chi connectivity index (χ1v) is 16.9. The van der Waals surface area contributed by atoms with E-state index in [9.17, 15) is 60.4 Å². The van der Waals surface area contributed by atoms with E-state index in [1.165, 1.54) is 0 Å². The lowest BCUT2D eigenvalue weighted by Crippen LogP contribution is -2.53. The van der Waals surface area contributed by atoms with Gasteiger partial charge in [0.15, 0.2) is 5.52 Å². The molecule has 0 fully saturated rings. The van der Waals surface area contributed by atoms with Crippen molar-refractivity contribution in [3.05, 3.63) is 57.6 Å². The second-order valence-electron chi connectivity index (χ2n) is 12.4. The number of fused-ring (bicyclic) bond motifs is 2. The lowest BCUT2D eigenvalue weighted by molar-refractivity contribution is -0.139. The van der Waals surface area contributed by atoms with Crippen LogP contribution in [0.2, 0.25) is 0 Å². The van der Waals surface area contributed by atoms with E-state index in [1.807, 2.05) is 0 Å². The average Bonchev–Trinajstić information content (AvgIpc) is 3.65. The number of alkyl halides is 6. The number of carbonyl (C=O) groups excluding carboxylic acids is 5. The van der Waals surface area contributed by atoms with Gasteiger partial charge in [0, 0.05) is 43.1 Å². The molecule has 54 heavy (non-hydrogen) atoms. The molecule has 2 unspecified atom stereocenters. The molecule has 4 amide bonds. The molecule has 3 atom stereocenters. The van der Waals surface area contributed by atoms with Crippen LogP contribution in [0.15, 0.2) is 24.3 Å². The normalized spacial score (nSPS) is 14.7. The molecule has 2 aliphatic rings. The predicted octanol–water partition coefficient (Wildman–Crippen LogP) is 1.15. The molecule has 22 heteroatoms. The number of benzene rings is 2. The number of hydrogen-bond donors (Lipinski definition) is 6. The van der Waals surface area contributed by atoms with Crippen molar-refractivity contribution in [2.24, 2.45) is 5.92 Å². The van der Waals surface area contributed by atoms with E-state index in [0.29, 0.717) is 31.4 Å². The fourth-order valence-electron chi connectivity index (χ4n) is 5.63. The van der Waals surface area contributed by atoms with Gasteiger partial charge in [0.2, 0.25) is 11.8 Å². The minimum absolute atomic E-state index is 0. The van der Waals surface area contributed by atoms with Gasteiger partial charge < -0.3 is 40.6 Å². The van der Waals surface area contributed by atoms with Gasteiger partial charge in [-0.1, -0.05) is 30.0 Å². The van der Waals surface area contributed by atoms with Crippen LogP contribution in [0.5, 0.6) is 0 Å². The standard InChI is InChI=1S/C31H35B2F6N4O9P.CH4/c1-15(29(48)53)4-2-3-6-40-25(44)5-7-41-28(47)24(43-27(46)17-9-21(31(37,38)39)19-14-52-33(50)23(19)11-17)12-42-26(45)16-8-20(30(34,35)36)18-13-51-32(49)22(18)10-16;/h8-11,15,24,49-50H,2-7,12-14,53H2,1H3,(H,40,44)(H,41,47)(H,42,45)(H,43,46);1H4/t15?,24-;/m0./s1. The summed E-state index contributed by atoms with van der Waals surface area (Å²) in [5.41, 5.74) is -5.17. The Bertz CT molecular complexity index is 1750. The van der Waals surface area contributed by atoms with Crippen molar-refractivity contribution in [1.82, 2.24) is 21.3 Å². The summed E-state index contributed by atoms with van der Waals surface area (Å²) in [6.45, 7) is -0.168. The summed E-state index contributed by atoms with van der Waals surface area (Å²) in [6, 6.07) is 1.16. The van der Waals surface area contributed by atoms with E-state index in [2.05, 4.69) is 30.5 Å². The molecule has 2 aromatic carbocycles. The smallest absolute Gasteiger partial charge is 0.423 e. The molecule has 0 aromatic heterocycles. The maximum atomic E-state index is 13.8. The Hall–Kier alpha value is -4.03. The van der Waals surface area contributed by atoms with Crippen molar-refractivity contribution >= 4 is 63.6 Å². The number of rotatable bonds is 15. The molecular formula is C32H39B2F6N4O9P. The molecular weight excluding hydrogens is 751 g/mol. The zero-order chi connectivity index (χ0) is 39.2. The largest absolute Gasteiger partial charge is 0.491 e. The van der Waals surface area contributed by atoms with Crippen LogP contribution < -0.4 is 32.2 Å². The van der Waals surface area contributed by atoms with Gasteiger partial charge in [-0.2, -0.15) is 26.3 Å². The summed E-state index contributed by atoms with van der Waals surface area (Å²) in [4.78, 5) is 63.2. The molecule has 0 spiro atoms. The summed E-state index contributed by atoms with van der Waals surface area (Å²) in [5.74, 6) is -4.04. The van der Waals surface area contributed by atoms with Gasteiger partial charge in [-0.15, -0.1) is 0 Å². The van der Waals surface area contributed by atoms with Crippen LogP contribution in [0.25, 0.3) is 0 Å². The number of amides is 4. The fourth-order valence-corrected chi connectivity index (χ4v) is 5.79. The summed E-state index contributed by atoms with van der Waals surface area (Å²) < 4.78 is 92.6. The first-order chi connectivity index (χ1) is 24.8. The fraction of sp³-hybridized carbons (Fsp3) is 0.469. The molecule has 0 aliphatic carbocycles. The van der Waals surface area contributed by atoms with Gasteiger partial charge in [0.05, 0.1) is 24.3 Å². The molecule has 0 bridgehead atoms. The first-order valence-electron chi connectivity index (χ1n) is 16.3. The Labute approximate surface area is 309 Å². The Balaban J connectivity index is 0.00000784. The highest BCUT2D eigenvalue weighted by Gasteiger charge is 2.42. The highest BCUT2D eigenvalue weighted by Crippen LogP contribution is 2.35. The monoisotopic (exact) mass is 790 g/mol. The zero-order valence-electron chi connectivity index (χ0n) is 28.1. The van der Waals surface area contributed by atoms with Gasteiger partial charge in [-0.05, 0) is 59.2 Å². The van der Waals surface area contributed by atoms with E-state index in [1.54, 1.807) is 6.92 Å². The number of halogens is 6. The lowest BCUT2D eigenvalue weighted by Gasteiger charge is -2.21. The van der Waals surface area contributed by atoms with Crippen LogP contribution in [0, 0.1) is 5.92 Å². The second kappa shape index (κ2) is 18.5. The maximum absolute atomic E-state index is 13.8. The zero-order valence-corrected chi connectivity index (χ0v) is 29.2. The van der Waals surface area contributed by atoms with Crippen LogP contribution in [-0.2, 0) is 49.3 Å². The maximum Gasteiger partial charge on any atom is 0.491 e. The third-order valence-electron chi connectivity index (χ3n) is 8.62. The van der Waals surface area contributed by atoms with Crippen molar-refractivity contribution in [3.8, 4) is 0 Å². The molecule has 2 heterocycles. The van der Waals surface area contributed by atoms with Gasteiger partial charge in [0.25, 0.3) is 11.8 Å². The number of carbonyl (C=O) groups is 5. The molecule has 4 rings (SSSR count).